The van der Waals surface area contributed by atoms with Crippen molar-refractivity contribution in [3.05, 3.63) is 0 Å². The lowest BCUT2D eigenvalue weighted by Crippen LogP contribution is -1.70. The molecule has 0 aliphatic rings. The first kappa shape index (κ1) is 18.7. The normalized spacial score (nSPS) is 8.31. The Morgan fingerprint density at radius 3 is 1.08 bits per heavy atom. The van der Waals surface area contributed by atoms with Crippen molar-refractivity contribution >= 4 is 0 Å². The summed E-state index contributed by atoms with van der Waals surface area (Å²) in [5, 5.41) is 0. The van der Waals surface area contributed by atoms with Gasteiger partial charge in [-0.2, -0.15) is 0 Å². The number of unbranched alkanes of at least 4 members (excludes halogenated alkanes) is 4. The molecule has 0 saturated carbocycles. The summed E-state index contributed by atoms with van der Waals surface area (Å²) in [7, 11) is 0. The third-order valence-corrected chi connectivity index (χ3v) is 1.21. The molecule has 0 amide bonds. The molecule has 0 aromatic carbocycles. The zero-order valence-corrected chi connectivity index (χ0v) is 11.1. The van der Waals surface area contributed by atoms with Gasteiger partial charge in [0.25, 0.3) is 0 Å². The molecule has 0 fully saturated rings. The second-order valence-corrected chi connectivity index (χ2v) is 3.79. The van der Waals surface area contributed by atoms with Crippen LogP contribution in [0.15, 0.2) is 0 Å². The Labute approximate surface area is 87.1 Å². The molecule has 0 atom stereocenters. The Morgan fingerprint density at radius 1 is 0.692 bits per heavy atom. The highest BCUT2D eigenvalue weighted by Gasteiger charge is 1.80. The summed E-state index contributed by atoms with van der Waals surface area (Å²) in [6, 6.07) is 0. The molecule has 0 aliphatic carbocycles. The predicted octanol–water partition coefficient (Wildman–Crippen LogP) is 5.67. The molecule has 0 rings (SSSR count). The van der Waals surface area contributed by atoms with Gasteiger partial charge in [0.15, 0.2) is 0 Å². The molecular formula is C13H32. The minimum atomic E-state index is 0.833. The first-order chi connectivity index (χ1) is 6.15. The van der Waals surface area contributed by atoms with Crippen LogP contribution in [0.1, 0.15) is 80.6 Å². The summed E-state index contributed by atoms with van der Waals surface area (Å²) < 4.78 is 0. The SMILES string of the molecule is CC.CC(C)C.CCCCCCC. The van der Waals surface area contributed by atoms with Gasteiger partial charge >= 0.3 is 0 Å². The van der Waals surface area contributed by atoms with E-state index in [4.69, 9.17) is 0 Å². The molecule has 0 spiro atoms. The zero-order chi connectivity index (χ0) is 11.1. The van der Waals surface area contributed by atoms with Crippen molar-refractivity contribution < 1.29 is 0 Å². The van der Waals surface area contributed by atoms with Crippen molar-refractivity contribution in [1.82, 2.24) is 0 Å². The van der Waals surface area contributed by atoms with Crippen LogP contribution in [-0.2, 0) is 0 Å². The van der Waals surface area contributed by atoms with Crippen LogP contribution in [0.25, 0.3) is 0 Å². The van der Waals surface area contributed by atoms with E-state index in [1.807, 2.05) is 13.8 Å². The molecule has 0 bridgehead atoms. The Bertz CT molecular complexity index is 39.2. The van der Waals surface area contributed by atoms with Crippen molar-refractivity contribution in [2.75, 3.05) is 0 Å². The van der Waals surface area contributed by atoms with Crippen LogP contribution in [0.5, 0.6) is 0 Å². The van der Waals surface area contributed by atoms with Crippen LogP contribution in [0.2, 0.25) is 0 Å². The quantitative estimate of drug-likeness (QED) is 0.499. The Kier molecular flexibility index (Phi) is 32.7. The van der Waals surface area contributed by atoms with Gasteiger partial charge < -0.3 is 0 Å². The van der Waals surface area contributed by atoms with E-state index < -0.39 is 0 Å². The Morgan fingerprint density at radius 2 is 0.923 bits per heavy atom. The second kappa shape index (κ2) is 22.7. The number of hydrogen-bond donors (Lipinski definition) is 0. The molecule has 0 aromatic rings. The summed E-state index contributed by atoms with van der Waals surface area (Å²) >= 11 is 0. The monoisotopic (exact) mass is 188 g/mol. The van der Waals surface area contributed by atoms with Crippen LogP contribution in [0.4, 0.5) is 0 Å². The standard InChI is InChI=1S/C7H16.C4H10.C2H6/c1-3-5-7-6-4-2;1-4(2)3;1-2/h3-7H2,1-2H3;4H,1-3H3;1-2H3. The molecule has 0 N–H and O–H groups in total. The summed E-state index contributed by atoms with van der Waals surface area (Å²) in [5.74, 6) is 0.833. The highest BCUT2D eigenvalue weighted by molar-refractivity contribution is 4.35. The van der Waals surface area contributed by atoms with Gasteiger partial charge in [-0.1, -0.05) is 80.6 Å². The Hall–Kier alpha value is 0. The first-order valence-electron chi connectivity index (χ1n) is 6.15. The van der Waals surface area contributed by atoms with E-state index in [2.05, 4.69) is 34.6 Å². The van der Waals surface area contributed by atoms with Crippen molar-refractivity contribution in [2.45, 2.75) is 80.6 Å². The maximum absolute atomic E-state index is 2.25. The smallest absolute Gasteiger partial charge is 0.0500 e. The lowest BCUT2D eigenvalue weighted by molar-refractivity contribution is 0.656. The van der Waals surface area contributed by atoms with Gasteiger partial charge in [-0.3, -0.25) is 0 Å². The number of rotatable bonds is 4. The molecule has 84 valence electrons. The molecule has 0 aromatic heterocycles. The van der Waals surface area contributed by atoms with Gasteiger partial charge in [-0.05, 0) is 5.92 Å². The third-order valence-electron chi connectivity index (χ3n) is 1.21. The van der Waals surface area contributed by atoms with Gasteiger partial charge in [-0.25, -0.2) is 0 Å². The molecule has 0 aliphatic heterocycles. The topological polar surface area (TPSA) is 0 Å². The predicted molar refractivity (Wildman–Crippen MR) is 66.3 cm³/mol. The van der Waals surface area contributed by atoms with Crippen molar-refractivity contribution in [3.63, 3.8) is 0 Å². The third kappa shape index (κ3) is 75.0. The first-order valence-corrected chi connectivity index (χ1v) is 6.15. The van der Waals surface area contributed by atoms with E-state index in [-0.39, 0.29) is 0 Å². The fourth-order valence-electron chi connectivity index (χ4n) is 0.677. The molecule has 0 unspecified atom stereocenters. The van der Waals surface area contributed by atoms with E-state index in [0.717, 1.165) is 5.92 Å². The molecule has 13 heavy (non-hydrogen) atoms. The maximum atomic E-state index is 2.25. The van der Waals surface area contributed by atoms with Crippen LogP contribution in [0, 0.1) is 5.92 Å². The maximum Gasteiger partial charge on any atom is -0.0500 e. The van der Waals surface area contributed by atoms with Crippen molar-refractivity contribution in [3.8, 4) is 0 Å². The fraction of sp³-hybridized carbons (Fsp3) is 1.00. The molecule has 0 heteroatoms. The molecular weight excluding hydrogens is 156 g/mol. The van der Waals surface area contributed by atoms with Crippen LogP contribution in [-0.4, -0.2) is 0 Å². The average Bonchev–Trinajstić information content (AvgIpc) is 2.08. The lowest BCUT2D eigenvalue weighted by Gasteiger charge is -1.90. The van der Waals surface area contributed by atoms with Crippen LogP contribution in [0.3, 0.4) is 0 Å². The zero-order valence-electron chi connectivity index (χ0n) is 11.1. The van der Waals surface area contributed by atoms with E-state index in [1.54, 1.807) is 0 Å². The average molecular weight is 188 g/mol. The molecule has 0 saturated heterocycles. The van der Waals surface area contributed by atoms with E-state index in [1.165, 1.54) is 32.1 Å². The van der Waals surface area contributed by atoms with E-state index >= 15 is 0 Å². The van der Waals surface area contributed by atoms with Crippen molar-refractivity contribution in [2.24, 2.45) is 5.92 Å². The highest BCUT2D eigenvalue weighted by Crippen LogP contribution is 2.00. The summed E-state index contributed by atoms with van der Waals surface area (Å²) in [4.78, 5) is 0. The molecule has 0 heterocycles. The van der Waals surface area contributed by atoms with Gasteiger partial charge in [0.05, 0.1) is 0 Å². The second-order valence-electron chi connectivity index (χ2n) is 3.79. The van der Waals surface area contributed by atoms with Gasteiger partial charge in [0, 0.05) is 0 Å². The fourth-order valence-corrected chi connectivity index (χ4v) is 0.677. The number of hydrogen-bond acceptors (Lipinski definition) is 0. The van der Waals surface area contributed by atoms with E-state index in [0.29, 0.717) is 0 Å². The minimum Gasteiger partial charge on any atom is -0.0683 e. The summed E-state index contributed by atoms with van der Waals surface area (Å²) in [5.41, 5.74) is 0. The summed E-state index contributed by atoms with van der Waals surface area (Å²) in [6.45, 7) is 15.0. The largest absolute Gasteiger partial charge is 0.0683 e. The van der Waals surface area contributed by atoms with Crippen LogP contribution >= 0.6 is 0 Å². The van der Waals surface area contributed by atoms with Gasteiger partial charge in [0.2, 0.25) is 0 Å². The van der Waals surface area contributed by atoms with E-state index in [9.17, 15) is 0 Å². The van der Waals surface area contributed by atoms with Crippen LogP contribution < -0.4 is 0 Å². The Balaban J connectivity index is -0.000000142. The minimum absolute atomic E-state index is 0.833. The highest BCUT2D eigenvalue weighted by atomic mass is 13.9. The summed E-state index contributed by atoms with van der Waals surface area (Å²) in [6.07, 6.45) is 7.01. The lowest BCUT2D eigenvalue weighted by atomic mass is 10.2. The van der Waals surface area contributed by atoms with Gasteiger partial charge in [-0.15, -0.1) is 0 Å². The molecule has 0 nitrogen and oxygen atoms in total. The van der Waals surface area contributed by atoms with Crippen molar-refractivity contribution in [1.29, 1.82) is 0 Å². The molecule has 0 radical (unpaired) electrons. The van der Waals surface area contributed by atoms with Gasteiger partial charge in [0.1, 0.15) is 0 Å².